The average molecular weight is 975 g/mol. The van der Waals surface area contributed by atoms with Gasteiger partial charge in [0, 0.05) is 67.3 Å². The van der Waals surface area contributed by atoms with E-state index in [1.165, 1.54) is 17.1 Å². The third-order valence-electron chi connectivity index (χ3n) is 16.4. The zero-order chi connectivity index (χ0) is 50.9. The van der Waals surface area contributed by atoms with Gasteiger partial charge in [-0.25, -0.2) is 4.79 Å². The number of aliphatic hydroxyl groups is 1. The van der Waals surface area contributed by atoms with Crippen LogP contribution in [0.2, 0.25) is 0 Å². The van der Waals surface area contributed by atoms with Crippen LogP contribution in [0.25, 0.3) is 0 Å². The highest BCUT2D eigenvalue weighted by molar-refractivity contribution is 6.12. The van der Waals surface area contributed by atoms with Gasteiger partial charge in [-0.2, -0.15) is 0 Å². The standard InChI is InChI=1S/C56H70N4O11/c1-4-5-8-15-38(31-45(62)44(30-36-13-9-6-10-14-36)59-48(65)16-11-7-12-29-60-49(66)23-24-50(60)67)52(68)58-40-20-17-37(18-21-40)35-71-53(69)57-34-47(64)56(70)28-26-43-42-22-19-39-32-41(61)25-27-54(39,2)51(42)46(63)33-55(43,56)3/h6,9-10,13-14,17-18,20-21,23-24,32,38,42-44,51,70H,4-5,7-8,11-12,15-16,19,22,25-31,33-35H2,1-3H3,(H,57,69)(H,58,68)(H,59,65)/t38-,42+,43+,44?,51-,54+,55+,56+/m1/s1. The lowest BCUT2D eigenvalue weighted by Gasteiger charge is -2.57. The number of nitrogens with one attached hydrogen (secondary N) is 3. The highest BCUT2D eigenvalue weighted by atomic mass is 16.5. The molecule has 71 heavy (non-hydrogen) atoms. The number of anilines is 1. The number of carbonyl (C=O) groups is 9. The first-order valence-corrected chi connectivity index (χ1v) is 25.7. The molecule has 0 radical (unpaired) electrons. The minimum atomic E-state index is -1.80. The molecule has 5 aliphatic rings. The summed E-state index contributed by atoms with van der Waals surface area (Å²) in [6.45, 7) is 5.67. The molecule has 8 atom stereocenters. The fourth-order valence-electron chi connectivity index (χ4n) is 12.4. The number of allylic oxidation sites excluding steroid dienone is 1. The van der Waals surface area contributed by atoms with Crippen molar-refractivity contribution in [2.24, 2.45) is 34.5 Å². The van der Waals surface area contributed by atoms with Crippen molar-refractivity contribution in [3.63, 3.8) is 0 Å². The average Bonchev–Trinajstić information content (AvgIpc) is 3.82. The summed E-state index contributed by atoms with van der Waals surface area (Å²) in [6.07, 6.45) is 11.7. The lowest BCUT2D eigenvalue weighted by molar-refractivity contribution is -0.168. The molecule has 1 unspecified atom stereocenters. The van der Waals surface area contributed by atoms with Gasteiger partial charge in [0.1, 0.15) is 18.0 Å². The Morgan fingerprint density at radius 3 is 2.30 bits per heavy atom. The molecule has 1 heterocycles. The zero-order valence-corrected chi connectivity index (χ0v) is 41.4. The zero-order valence-electron chi connectivity index (χ0n) is 41.4. The van der Waals surface area contributed by atoms with E-state index in [-0.39, 0.29) is 109 Å². The number of hydrogen-bond donors (Lipinski definition) is 4. The number of alkyl carbamates (subject to hydrolysis) is 1. The van der Waals surface area contributed by atoms with E-state index in [1.807, 2.05) is 37.3 Å². The molecule has 0 spiro atoms. The second-order valence-electron chi connectivity index (χ2n) is 21.0. The van der Waals surface area contributed by atoms with Crippen LogP contribution in [0.3, 0.4) is 0 Å². The van der Waals surface area contributed by atoms with Crippen LogP contribution in [0.15, 0.2) is 78.4 Å². The van der Waals surface area contributed by atoms with Crippen LogP contribution in [0, 0.1) is 34.5 Å². The molecule has 1 aliphatic heterocycles. The van der Waals surface area contributed by atoms with Gasteiger partial charge in [0.05, 0.1) is 12.6 Å². The lowest BCUT2D eigenvalue weighted by atomic mass is 9.46. The molecule has 7 rings (SSSR count). The Hall–Kier alpha value is -6.09. The summed E-state index contributed by atoms with van der Waals surface area (Å²) in [6, 6.07) is 15.2. The summed E-state index contributed by atoms with van der Waals surface area (Å²) in [5.74, 6) is -2.95. The Morgan fingerprint density at radius 2 is 1.58 bits per heavy atom. The molecule has 15 heteroatoms. The Labute approximate surface area is 416 Å². The minimum Gasteiger partial charge on any atom is -0.445 e. The third-order valence-corrected chi connectivity index (χ3v) is 16.4. The molecular weight excluding hydrogens is 905 g/mol. The number of ether oxygens (including phenoxy) is 1. The summed E-state index contributed by atoms with van der Waals surface area (Å²) in [7, 11) is 0. The second kappa shape index (κ2) is 23.0. The monoisotopic (exact) mass is 975 g/mol. The Bertz CT molecular complexity index is 2410. The van der Waals surface area contributed by atoms with Crippen molar-refractivity contribution in [1.29, 1.82) is 0 Å². The molecule has 2 aromatic carbocycles. The lowest BCUT2D eigenvalue weighted by Crippen LogP contribution is -2.61. The Morgan fingerprint density at radius 1 is 0.845 bits per heavy atom. The fourth-order valence-corrected chi connectivity index (χ4v) is 12.4. The first-order valence-electron chi connectivity index (χ1n) is 25.7. The molecule has 4 N–H and O–H groups in total. The molecular formula is C56H70N4O11. The first kappa shape index (κ1) is 52.7. The van der Waals surface area contributed by atoms with Crippen molar-refractivity contribution in [2.45, 2.75) is 148 Å². The number of imide groups is 1. The third kappa shape index (κ3) is 12.0. The number of ketones is 4. The van der Waals surface area contributed by atoms with Crippen LogP contribution >= 0.6 is 0 Å². The van der Waals surface area contributed by atoms with Crippen LogP contribution < -0.4 is 16.0 Å². The molecule has 0 aromatic heterocycles. The van der Waals surface area contributed by atoms with E-state index in [9.17, 15) is 48.3 Å². The van der Waals surface area contributed by atoms with Crippen LogP contribution in [-0.2, 0) is 56.1 Å². The molecule has 3 saturated carbocycles. The van der Waals surface area contributed by atoms with Gasteiger partial charge >= 0.3 is 6.09 Å². The molecule has 4 aliphatic carbocycles. The summed E-state index contributed by atoms with van der Waals surface area (Å²) in [5, 5.41) is 20.4. The number of fused-ring (bicyclic) bond motifs is 5. The topological polar surface area (TPSA) is 222 Å². The smallest absolute Gasteiger partial charge is 0.407 e. The van der Waals surface area contributed by atoms with Gasteiger partial charge in [0.25, 0.3) is 11.8 Å². The fraction of sp³-hybridized carbons (Fsp3) is 0.554. The van der Waals surface area contributed by atoms with E-state index in [2.05, 4.69) is 29.8 Å². The number of unbranched alkanes of at least 4 members (excludes halogenated alkanes) is 4. The number of benzene rings is 2. The normalized spacial score (nSPS) is 26.4. The van der Waals surface area contributed by atoms with E-state index in [0.29, 0.717) is 56.2 Å². The molecule has 2 aromatic rings. The maximum absolute atomic E-state index is 14.0. The van der Waals surface area contributed by atoms with Crippen molar-refractivity contribution in [3.8, 4) is 0 Å². The molecule has 5 amide bonds. The van der Waals surface area contributed by atoms with Gasteiger partial charge in [-0.15, -0.1) is 0 Å². The van der Waals surface area contributed by atoms with Gasteiger partial charge in [-0.05, 0) is 104 Å². The van der Waals surface area contributed by atoms with Crippen molar-refractivity contribution in [1.82, 2.24) is 15.5 Å². The van der Waals surface area contributed by atoms with E-state index >= 15 is 0 Å². The maximum Gasteiger partial charge on any atom is 0.407 e. The number of nitrogens with zero attached hydrogens (tertiary/aromatic N) is 1. The summed E-state index contributed by atoms with van der Waals surface area (Å²) >= 11 is 0. The minimum absolute atomic E-state index is 0.000462. The van der Waals surface area contributed by atoms with Crippen LogP contribution in [0.4, 0.5) is 10.5 Å². The number of carbonyl (C=O) groups excluding carboxylic acids is 9. The molecule has 0 bridgehead atoms. The Balaban J connectivity index is 0.886. The summed E-state index contributed by atoms with van der Waals surface area (Å²) in [4.78, 5) is 119. The van der Waals surface area contributed by atoms with Crippen LogP contribution in [0.5, 0.6) is 0 Å². The van der Waals surface area contributed by atoms with E-state index in [4.69, 9.17) is 4.74 Å². The second-order valence-corrected chi connectivity index (χ2v) is 21.0. The van der Waals surface area contributed by atoms with Crippen molar-refractivity contribution >= 4 is 58.5 Å². The SMILES string of the molecule is CCCCC[C@H](CC(=O)C(Cc1ccccc1)NC(=O)CCCCCN1C(=O)C=CC1=O)C(=O)Nc1ccc(COC(=O)NCC(=O)[C@@]2(O)CC[C@H]3[C@@H]4CCC5=CC(=O)CC[C@]5(C)[C@H]4C(=O)C[C@@]32C)cc1. The quantitative estimate of drug-likeness (QED) is 0.0642. The summed E-state index contributed by atoms with van der Waals surface area (Å²) < 4.78 is 5.42. The van der Waals surface area contributed by atoms with Crippen molar-refractivity contribution in [2.75, 3.05) is 18.4 Å². The highest BCUT2D eigenvalue weighted by Crippen LogP contribution is 2.66. The van der Waals surface area contributed by atoms with E-state index in [1.54, 1.807) is 30.3 Å². The molecule has 380 valence electrons. The van der Waals surface area contributed by atoms with Crippen LogP contribution in [-0.4, -0.2) is 87.6 Å². The van der Waals surface area contributed by atoms with Crippen LogP contribution in [0.1, 0.15) is 135 Å². The number of rotatable bonds is 23. The van der Waals surface area contributed by atoms with Gasteiger partial charge in [0.2, 0.25) is 11.8 Å². The van der Waals surface area contributed by atoms with E-state index < -0.39 is 41.4 Å². The molecule has 3 fully saturated rings. The van der Waals surface area contributed by atoms with Gasteiger partial charge in [-0.3, -0.25) is 43.3 Å². The summed E-state index contributed by atoms with van der Waals surface area (Å²) in [5.41, 5.74) is -0.172. The Kier molecular flexibility index (Phi) is 17.1. The molecule has 0 saturated heterocycles. The predicted octanol–water partition coefficient (Wildman–Crippen LogP) is 7.23. The van der Waals surface area contributed by atoms with Gasteiger partial charge in [0.15, 0.2) is 17.3 Å². The van der Waals surface area contributed by atoms with Crippen molar-refractivity contribution < 1.29 is 53.0 Å². The predicted molar refractivity (Wildman–Crippen MR) is 264 cm³/mol. The number of hydrogen-bond acceptors (Lipinski definition) is 11. The van der Waals surface area contributed by atoms with Gasteiger partial charge in [-0.1, -0.05) is 94.5 Å². The largest absolute Gasteiger partial charge is 0.445 e. The number of amides is 5. The molecule has 15 nitrogen and oxygen atoms in total. The first-order chi connectivity index (χ1) is 33.9. The van der Waals surface area contributed by atoms with Crippen molar-refractivity contribution in [3.05, 3.63) is 89.5 Å². The van der Waals surface area contributed by atoms with Gasteiger partial charge < -0.3 is 25.8 Å². The maximum atomic E-state index is 14.0. The van der Waals surface area contributed by atoms with E-state index in [0.717, 1.165) is 43.2 Å². The highest BCUT2D eigenvalue weighted by Gasteiger charge is 2.68. The number of Topliss-reactive ketones (excluding diaryl/α,β-unsaturated/α-hetero) is 3.